The van der Waals surface area contributed by atoms with E-state index >= 15 is 0 Å². The standard InChI is InChI=1S/C14H18Cl2N4O2/c1-8-13(18-19-17-8)14(21)20-4-5-22-12(7-20)9-2-3-10(15)11(16)6-9/h2-3,6,8,12-13,17-19H,4-5,7H2,1H3. The normalized spacial score (nSPS) is 28.9. The Morgan fingerprint density at radius 2 is 2.14 bits per heavy atom. The molecule has 2 aliphatic rings. The quantitative estimate of drug-likeness (QED) is 0.753. The first-order valence-electron chi connectivity index (χ1n) is 7.17. The second kappa shape index (κ2) is 6.70. The maximum absolute atomic E-state index is 12.6. The van der Waals surface area contributed by atoms with E-state index in [1.54, 1.807) is 12.1 Å². The molecule has 120 valence electrons. The monoisotopic (exact) mass is 344 g/mol. The fourth-order valence-electron chi connectivity index (χ4n) is 2.68. The molecule has 0 aliphatic carbocycles. The Hall–Kier alpha value is -0.890. The van der Waals surface area contributed by atoms with E-state index in [0.29, 0.717) is 29.7 Å². The van der Waals surface area contributed by atoms with E-state index in [-0.39, 0.29) is 24.1 Å². The average Bonchev–Trinajstić information content (AvgIpc) is 2.95. The number of morpholine rings is 1. The Morgan fingerprint density at radius 3 is 2.82 bits per heavy atom. The van der Waals surface area contributed by atoms with Gasteiger partial charge in [-0.1, -0.05) is 29.3 Å². The molecule has 2 saturated heterocycles. The Kier molecular flexibility index (Phi) is 4.87. The molecule has 8 heteroatoms. The first kappa shape index (κ1) is 16.0. The van der Waals surface area contributed by atoms with Gasteiger partial charge in [0.25, 0.3) is 0 Å². The van der Waals surface area contributed by atoms with Crippen molar-refractivity contribution in [3.63, 3.8) is 0 Å². The third-order valence-corrected chi connectivity index (χ3v) is 4.73. The minimum absolute atomic E-state index is 0.0266. The van der Waals surface area contributed by atoms with Crippen molar-refractivity contribution in [2.75, 3.05) is 19.7 Å². The molecule has 0 spiro atoms. The van der Waals surface area contributed by atoms with Crippen molar-refractivity contribution in [1.82, 2.24) is 21.3 Å². The zero-order chi connectivity index (χ0) is 15.7. The highest BCUT2D eigenvalue weighted by Gasteiger charge is 2.35. The van der Waals surface area contributed by atoms with Crippen LogP contribution in [0.15, 0.2) is 18.2 Å². The summed E-state index contributed by atoms with van der Waals surface area (Å²) in [5.41, 5.74) is 9.63. The van der Waals surface area contributed by atoms with Gasteiger partial charge in [0, 0.05) is 12.6 Å². The van der Waals surface area contributed by atoms with Crippen LogP contribution in [0, 0.1) is 0 Å². The molecule has 1 aromatic carbocycles. The lowest BCUT2D eigenvalue weighted by Gasteiger charge is -2.35. The van der Waals surface area contributed by atoms with E-state index in [1.807, 2.05) is 17.9 Å². The molecule has 2 fully saturated rings. The van der Waals surface area contributed by atoms with Crippen LogP contribution in [0.5, 0.6) is 0 Å². The van der Waals surface area contributed by atoms with E-state index < -0.39 is 0 Å². The summed E-state index contributed by atoms with van der Waals surface area (Å²) >= 11 is 12.0. The third-order valence-electron chi connectivity index (χ3n) is 3.99. The van der Waals surface area contributed by atoms with Gasteiger partial charge < -0.3 is 9.64 Å². The highest BCUT2D eigenvalue weighted by Crippen LogP contribution is 2.29. The van der Waals surface area contributed by atoms with Gasteiger partial charge in [-0.2, -0.15) is 5.53 Å². The third kappa shape index (κ3) is 3.22. The second-order valence-corrected chi connectivity index (χ2v) is 6.31. The molecule has 6 nitrogen and oxygen atoms in total. The minimum Gasteiger partial charge on any atom is -0.370 e. The van der Waals surface area contributed by atoms with Crippen LogP contribution in [0.25, 0.3) is 0 Å². The van der Waals surface area contributed by atoms with Gasteiger partial charge >= 0.3 is 0 Å². The number of hydrazine groups is 2. The largest absolute Gasteiger partial charge is 0.370 e. The van der Waals surface area contributed by atoms with Crippen molar-refractivity contribution in [3.05, 3.63) is 33.8 Å². The van der Waals surface area contributed by atoms with E-state index in [2.05, 4.69) is 16.4 Å². The summed E-state index contributed by atoms with van der Waals surface area (Å²) in [6.45, 7) is 3.54. The molecule has 1 amide bonds. The van der Waals surface area contributed by atoms with Gasteiger partial charge in [0.2, 0.25) is 5.91 Å². The molecule has 3 N–H and O–H groups in total. The molecular weight excluding hydrogens is 327 g/mol. The number of ether oxygens (including phenoxy) is 1. The maximum atomic E-state index is 12.6. The molecule has 2 aliphatic heterocycles. The first-order chi connectivity index (χ1) is 10.6. The van der Waals surface area contributed by atoms with Crippen LogP contribution in [-0.4, -0.2) is 42.6 Å². The van der Waals surface area contributed by atoms with Gasteiger partial charge in [-0.05, 0) is 24.6 Å². The van der Waals surface area contributed by atoms with Crippen molar-refractivity contribution in [1.29, 1.82) is 0 Å². The van der Waals surface area contributed by atoms with Gasteiger partial charge in [-0.15, -0.1) is 0 Å². The van der Waals surface area contributed by atoms with Gasteiger partial charge in [-0.25, -0.2) is 10.9 Å². The number of carbonyl (C=O) groups excluding carboxylic acids is 1. The van der Waals surface area contributed by atoms with Crippen molar-refractivity contribution >= 4 is 29.1 Å². The Bertz CT molecular complexity index is 572. The summed E-state index contributed by atoms with van der Waals surface area (Å²) in [7, 11) is 0. The number of hydrogen-bond acceptors (Lipinski definition) is 5. The topological polar surface area (TPSA) is 65.6 Å². The van der Waals surface area contributed by atoms with Crippen LogP contribution in [0.2, 0.25) is 10.0 Å². The van der Waals surface area contributed by atoms with Crippen molar-refractivity contribution in [3.8, 4) is 0 Å². The molecule has 2 heterocycles. The summed E-state index contributed by atoms with van der Waals surface area (Å²) in [4.78, 5) is 14.4. The van der Waals surface area contributed by atoms with Gasteiger partial charge in [0.05, 0.1) is 23.2 Å². The van der Waals surface area contributed by atoms with E-state index in [0.717, 1.165) is 5.56 Å². The number of nitrogens with one attached hydrogen (secondary N) is 3. The molecule has 0 saturated carbocycles. The van der Waals surface area contributed by atoms with Crippen molar-refractivity contribution in [2.24, 2.45) is 0 Å². The van der Waals surface area contributed by atoms with Crippen molar-refractivity contribution in [2.45, 2.75) is 25.1 Å². The molecule has 0 radical (unpaired) electrons. The summed E-state index contributed by atoms with van der Waals surface area (Å²) in [5.74, 6) is 0.0540. The maximum Gasteiger partial charge on any atom is 0.242 e. The molecule has 3 unspecified atom stereocenters. The summed E-state index contributed by atoms with van der Waals surface area (Å²) in [6.07, 6.45) is -0.190. The molecule has 0 bridgehead atoms. The predicted molar refractivity (Wildman–Crippen MR) is 84.4 cm³/mol. The molecule has 3 rings (SSSR count). The lowest BCUT2D eigenvalue weighted by Crippen LogP contribution is -2.52. The molecule has 1 aromatic rings. The van der Waals surface area contributed by atoms with Gasteiger partial charge in [0.1, 0.15) is 12.1 Å². The van der Waals surface area contributed by atoms with Crippen LogP contribution in [0.4, 0.5) is 0 Å². The number of amides is 1. The summed E-state index contributed by atoms with van der Waals surface area (Å²) in [6, 6.07) is 5.16. The van der Waals surface area contributed by atoms with Crippen LogP contribution in [-0.2, 0) is 9.53 Å². The van der Waals surface area contributed by atoms with Crippen LogP contribution in [0.3, 0.4) is 0 Å². The molecule has 0 aromatic heterocycles. The smallest absolute Gasteiger partial charge is 0.242 e. The summed E-state index contributed by atoms with van der Waals surface area (Å²) in [5, 5.41) is 1.00. The van der Waals surface area contributed by atoms with Crippen LogP contribution in [0.1, 0.15) is 18.6 Å². The SMILES string of the molecule is CC1NNNC1C(=O)N1CCOC(c2ccc(Cl)c(Cl)c2)C1. The minimum atomic E-state index is -0.285. The lowest BCUT2D eigenvalue weighted by atomic mass is 10.1. The average molecular weight is 345 g/mol. The van der Waals surface area contributed by atoms with Crippen LogP contribution < -0.4 is 16.4 Å². The number of benzene rings is 1. The van der Waals surface area contributed by atoms with Crippen LogP contribution >= 0.6 is 23.2 Å². The Balaban J connectivity index is 1.71. The predicted octanol–water partition coefficient (Wildman–Crippen LogP) is 1.26. The highest BCUT2D eigenvalue weighted by atomic mass is 35.5. The zero-order valence-electron chi connectivity index (χ0n) is 12.1. The molecular formula is C14H18Cl2N4O2. The fourth-order valence-corrected chi connectivity index (χ4v) is 2.98. The molecule has 22 heavy (non-hydrogen) atoms. The number of carbonyl (C=O) groups is 1. The second-order valence-electron chi connectivity index (χ2n) is 5.50. The van der Waals surface area contributed by atoms with Gasteiger partial charge in [0.15, 0.2) is 0 Å². The molecule has 3 atom stereocenters. The summed E-state index contributed by atoms with van der Waals surface area (Å²) < 4.78 is 5.78. The van der Waals surface area contributed by atoms with E-state index in [9.17, 15) is 4.79 Å². The Labute approximate surface area is 139 Å². The number of hydrogen-bond donors (Lipinski definition) is 3. The lowest BCUT2D eigenvalue weighted by molar-refractivity contribution is -0.141. The number of rotatable bonds is 2. The highest BCUT2D eigenvalue weighted by molar-refractivity contribution is 6.42. The zero-order valence-corrected chi connectivity index (χ0v) is 13.6. The Morgan fingerprint density at radius 1 is 1.32 bits per heavy atom. The van der Waals surface area contributed by atoms with E-state index in [4.69, 9.17) is 27.9 Å². The van der Waals surface area contributed by atoms with E-state index in [1.165, 1.54) is 0 Å². The van der Waals surface area contributed by atoms with Gasteiger partial charge in [-0.3, -0.25) is 4.79 Å². The number of halogens is 2. The fraction of sp³-hybridized carbons (Fsp3) is 0.500. The first-order valence-corrected chi connectivity index (χ1v) is 7.93. The number of nitrogens with zero attached hydrogens (tertiary/aromatic N) is 1. The van der Waals surface area contributed by atoms with Crippen molar-refractivity contribution < 1.29 is 9.53 Å².